The first kappa shape index (κ1) is 8.60. The van der Waals surface area contributed by atoms with Gasteiger partial charge in [0.15, 0.2) is 0 Å². The maximum absolute atomic E-state index is 9.29. The van der Waals surface area contributed by atoms with E-state index in [0.29, 0.717) is 11.8 Å². The van der Waals surface area contributed by atoms with Gasteiger partial charge in [-0.25, -0.2) is 0 Å². The molecule has 1 aliphatic rings. The van der Waals surface area contributed by atoms with Crippen LogP contribution in [-0.2, 0) is 0 Å². The molecule has 0 amide bonds. The Labute approximate surface area is 68.1 Å². The van der Waals surface area contributed by atoms with Crippen molar-refractivity contribution in [1.82, 2.24) is 0 Å². The van der Waals surface area contributed by atoms with Gasteiger partial charge >= 0.3 is 0 Å². The van der Waals surface area contributed by atoms with Gasteiger partial charge in [-0.1, -0.05) is 13.5 Å². The van der Waals surface area contributed by atoms with Crippen molar-refractivity contribution in [2.75, 3.05) is 0 Å². The van der Waals surface area contributed by atoms with Gasteiger partial charge in [0.2, 0.25) is 0 Å². The highest BCUT2D eigenvalue weighted by Gasteiger charge is 2.32. The zero-order valence-electron chi connectivity index (χ0n) is 7.14. The van der Waals surface area contributed by atoms with Crippen molar-refractivity contribution in [3.63, 3.8) is 0 Å². The van der Waals surface area contributed by atoms with Gasteiger partial charge in [0.25, 0.3) is 0 Å². The lowest BCUT2D eigenvalue weighted by molar-refractivity contribution is 0.168. The average Bonchev–Trinajstić information content (AvgIpc) is 1.95. The lowest BCUT2D eigenvalue weighted by Gasteiger charge is -2.35. The molecule has 0 bridgehead atoms. The molecule has 0 aromatic heterocycles. The van der Waals surface area contributed by atoms with E-state index in [-0.39, 0.29) is 5.41 Å². The monoisotopic (exact) mass is 155 g/mol. The van der Waals surface area contributed by atoms with E-state index in [1.54, 1.807) is 0 Å². The molecule has 0 atom stereocenters. The number of aliphatic hydroxyl groups is 1. The molecule has 1 fully saturated rings. The smallest absolute Gasteiger partial charge is 0.0909 e. The summed E-state index contributed by atoms with van der Waals surface area (Å²) in [6, 6.07) is 0.336. The van der Waals surface area contributed by atoms with Crippen LogP contribution >= 0.6 is 0 Å². The van der Waals surface area contributed by atoms with Crippen molar-refractivity contribution >= 4 is 0 Å². The molecule has 0 aliphatic heterocycles. The minimum atomic E-state index is -0.0597. The molecule has 1 saturated carbocycles. The van der Waals surface area contributed by atoms with E-state index in [9.17, 15) is 5.11 Å². The topological polar surface area (TPSA) is 46.2 Å². The predicted molar refractivity (Wildman–Crippen MR) is 46.3 cm³/mol. The molecule has 0 unspecified atom stereocenters. The Balaban J connectivity index is 2.55. The summed E-state index contributed by atoms with van der Waals surface area (Å²) in [5.41, 5.74) is 5.69. The highest BCUT2D eigenvalue weighted by Crippen LogP contribution is 2.39. The van der Waals surface area contributed by atoms with Crippen molar-refractivity contribution in [3.8, 4) is 0 Å². The van der Waals surface area contributed by atoms with Crippen LogP contribution in [0.4, 0.5) is 0 Å². The molecule has 0 radical (unpaired) electrons. The number of hydrogen-bond donors (Lipinski definition) is 2. The summed E-state index contributed by atoms with van der Waals surface area (Å²) in [5.74, 6) is 0.324. The van der Waals surface area contributed by atoms with Gasteiger partial charge in [-0.05, 0) is 25.7 Å². The van der Waals surface area contributed by atoms with Crippen LogP contribution in [0.3, 0.4) is 0 Å². The number of rotatable bonds is 1. The molecule has 0 aromatic rings. The first-order valence-corrected chi connectivity index (χ1v) is 4.18. The third-order valence-electron chi connectivity index (χ3n) is 2.83. The standard InChI is InChI=1S/C9H17NO/c1-7(11)9(2)5-3-8(10)4-6-9/h8,11H,1,3-6,10H2,2H3/t8-,9-. The van der Waals surface area contributed by atoms with E-state index in [4.69, 9.17) is 5.73 Å². The van der Waals surface area contributed by atoms with Crippen molar-refractivity contribution < 1.29 is 5.11 Å². The third kappa shape index (κ3) is 1.74. The molecule has 0 aromatic carbocycles. The minimum absolute atomic E-state index is 0.0597. The summed E-state index contributed by atoms with van der Waals surface area (Å²) in [6.07, 6.45) is 3.97. The van der Waals surface area contributed by atoms with E-state index in [1.807, 2.05) is 0 Å². The summed E-state index contributed by atoms with van der Waals surface area (Å²) in [6.45, 7) is 5.65. The van der Waals surface area contributed by atoms with E-state index >= 15 is 0 Å². The molecular formula is C9H17NO. The van der Waals surface area contributed by atoms with E-state index in [0.717, 1.165) is 25.7 Å². The molecule has 11 heavy (non-hydrogen) atoms. The van der Waals surface area contributed by atoms with Gasteiger partial charge in [0.05, 0.1) is 5.76 Å². The fourth-order valence-electron chi connectivity index (χ4n) is 1.57. The van der Waals surface area contributed by atoms with Crippen LogP contribution < -0.4 is 5.73 Å². The second kappa shape index (κ2) is 2.86. The quantitative estimate of drug-likeness (QED) is 0.569. The summed E-state index contributed by atoms with van der Waals surface area (Å²) >= 11 is 0. The van der Waals surface area contributed by atoms with Crippen LogP contribution in [0.15, 0.2) is 12.3 Å². The minimum Gasteiger partial charge on any atom is -0.512 e. The fraction of sp³-hybridized carbons (Fsp3) is 0.778. The van der Waals surface area contributed by atoms with Crippen LogP contribution in [0.5, 0.6) is 0 Å². The number of allylic oxidation sites excluding steroid dienone is 1. The zero-order valence-corrected chi connectivity index (χ0v) is 7.14. The normalized spacial score (nSPS) is 38.5. The Kier molecular flexibility index (Phi) is 2.23. The van der Waals surface area contributed by atoms with Crippen molar-refractivity contribution in [1.29, 1.82) is 0 Å². The number of hydrogen-bond acceptors (Lipinski definition) is 2. The molecule has 3 N–H and O–H groups in total. The molecule has 0 saturated heterocycles. The first-order chi connectivity index (χ1) is 5.04. The van der Waals surface area contributed by atoms with Crippen molar-refractivity contribution in [2.24, 2.45) is 11.1 Å². The van der Waals surface area contributed by atoms with Crippen LogP contribution in [-0.4, -0.2) is 11.1 Å². The Bertz CT molecular complexity index is 157. The lowest BCUT2D eigenvalue weighted by Crippen LogP contribution is -2.33. The molecule has 0 spiro atoms. The van der Waals surface area contributed by atoms with Crippen LogP contribution in [0, 0.1) is 5.41 Å². The van der Waals surface area contributed by atoms with Crippen molar-refractivity contribution in [2.45, 2.75) is 38.6 Å². The van der Waals surface area contributed by atoms with Gasteiger partial charge in [-0.3, -0.25) is 0 Å². The van der Waals surface area contributed by atoms with E-state index < -0.39 is 0 Å². The Hall–Kier alpha value is -0.500. The zero-order chi connectivity index (χ0) is 8.48. The van der Waals surface area contributed by atoms with Gasteiger partial charge < -0.3 is 10.8 Å². The van der Waals surface area contributed by atoms with Gasteiger partial charge in [0.1, 0.15) is 0 Å². The molecule has 0 heterocycles. The largest absolute Gasteiger partial charge is 0.512 e. The first-order valence-electron chi connectivity index (χ1n) is 4.18. The van der Waals surface area contributed by atoms with Crippen molar-refractivity contribution in [3.05, 3.63) is 12.3 Å². The maximum Gasteiger partial charge on any atom is 0.0909 e. The fourth-order valence-corrected chi connectivity index (χ4v) is 1.57. The summed E-state index contributed by atoms with van der Waals surface area (Å²) in [4.78, 5) is 0. The van der Waals surface area contributed by atoms with Crippen LogP contribution in [0.25, 0.3) is 0 Å². The Morgan fingerprint density at radius 1 is 1.55 bits per heavy atom. The maximum atomic E-state index is 9.29. The lowest BCUT2D eigenvalue weighted by atomic mass is 9.73. The van der Waals surface area contributed by atoms with E-state index in [2.05, 4.69) is 13.5 Å². The molecule has 2 nitrogen and oxygen atoms in total. The molecule has 1 rings (SSSR count). The van der Waals surface area contributed by atoms with Gasteiger partial charge in [-0.15, -0.1) is 0 Å². The van der Waals surface area contributed by atoms with Gasteiger partial charge in [0, 0.05) is 11.5 Å². The second-order valence-electron chi connectivity index (χ2n) is 3.84. The molecule has 1 aliphatic carbocycles. The SMILES string of the molecule is C=C(O)[C@]1(C)CC[C@@H](N)CC1. The van der Waals surface area contributed by atoms with Crippen LogP contribution in [0.2, 0.25) is 0 Å². The summed E-state index contributed by atoms with van der Waals surface area (Å²) < 4.78 is 0. The van der Waals surface area contributed by atoms with Gasteiger partial charge in [-0.2, -0.15) is 0 Å². The molecule has 64 valence electrons. The highest BCUT2D eigenvalue weighted by molar-refractivity contribution is 5.02. The third-order valence-corrected chi connectivity index (χ3v) is 2.83. The summed E-state index contributed by atoms with van der Waals surface area (Å²) in [7, 11) is 0. The molecule has 2 heteroatoms. The predicted octanol–water partition coefficient (Wildman–Crippen LogP) is 1.97. The Morgan fingerprint density at radius 3 is 2.36 bits per heavy atom. The second-order valence-corrected chi connectivity index (χ2v) is 3.84. The number of aliphatic hydroxyl groups excluding tert-OH is 1. The summed E-state index contributed by atoms with van der Waals surface area (Å²) in [5, 5.41) is 9.29. The highest BCUT2D eigenvalue weighted by atomic mass is 16.3. The molecular weight excluding hydrogens is 138 g/mol. The Morgan fingerprint density at radius 2 is 2.00 bits per heavy atom. The van der Waals surface area contributed by atoms with E-state index in [1.165, 1.54) is 0 Å². The number of nitrogens with two attached hydrogens (primary N) is 1. The average molecular weight is 155 g/mol. The van der Waals surface area contributed by atoms with Crippen LogP contribution in [0.1, 0.15) is 32.6 Å².